The number of hydrogen-bond acceptors (Lipinski definition) is 3. The van der Waals surface area contributed by atoms with E-state index in [0.717, 1.165) is 5.56 Å². The Morgan fingerprint density at radius 1 is 1.13 bits per heavy atom. The quantitative estimate of drug-likeness (QED) is 0.796. The van der Waals surface area contributed by atoms with Crippen molar-refractivity contribution in [2.45, 2.75) is 0 Å². The highest BCUT2D eigenvalue weighted by Gasteiger charge is 2.08. The molecule has 0 saturated heterocycles. The standard InChI is InChI=1S/C17H15Cl2NO3/c1-22-15-5-3-4-11(17(15)23-2)6-9-16(21)20-14-8-7-12(18)10-13(14)19/h3-10H,1-2H3,(H,20,21)/b9-6+. The van der Waals surface area contributed by atoms with Crippen LogP contribution in [0.1, 0.15) is 5.56 Å². The molecular formula is C17H15Cl2NO3. The summed E-state index contributed by atoms with van der Waals surface area (Å²) in [5.74, 6) is 0.832. The number of methoxy groups -OCH3 is 2. The van der Waals surface area contributed by atoms with E-state index < -0.39 is 0 Å². The van der Waals surface area contributed by atoms with E-state index in [2.05, 4.69) is 5.32 Å². The van der Waals surface area contributed by atoms with Gasteiger partial charge in [0.1, 0.15) is 0 Å². The van der Waals surface area contributed by atoms with Gasteiger partial charge in [0.25, 0.3) is 0 Å². The van der Waals surface area contributed by atoms with Gasteiger partial charge in [0.05, 0.1) is 24.9 Å². The summed E-state index contributed by atoms with van der Waals surface area (Å²) in [5.41, 5.74) is 1.22. The molecule has 2 rings (SSSR count). The Hall–Kier alpha value is -2.17. The Labute approximate surface area is 144 Å². The van der Waals surface area contributed by atoms with Crippen LogP contribution in [-0.4, -0.2) is 20.1 Å². The van der Waals surface area contributed by atoms with Crippen molar-refractivity contribution in [3.63, 3.8) is 0 Å². The monoisotopic (exact) mass is 351 g/mol. The number of nitrogens with one attached hydrogen (secondary N) is 1. The predicted molar refractivity (Wildman–Crippen MR) is 93.7 cm³/mol. The fourth-order valence-corrected chi connectivity index (χ4v) is 2.43. The number of rotatable bonds is 5. The molecule has 0 atom stereocenters. The summed E-state index contributed by atoms with van der Waals surface area (Å²) < 4.78 is 10.5. The fraction of sp³-hybridized carbons (Fsp3) is 0.118. The van der Waals surface area contributed by atoms with Gasteiger partial charge in [-0.3, -0.25) is 4.79 Å². The van der Waals surface area contributed by atoms with Crippen LogP contribution in [-0.2, 0) is 4.79 Å². The van der Waals surface area contributed by atoms with Crippen LogP contribution in [0.15, 0.2) is 42.5 Å². The van der Waals surface area contributed by atoms with Gasteiger partial charge in [0.15, 0.2) is 11.5 Å². The van der Waals surface area contributed by atoms with Gasteiger partial charge in [0.2, 0.25) is 5.91 Å². The van der Waals surface area contributed by atoms with Gasteiger partial charge in [-0.2, -0.15) is 0 Å². The molecule has 1 N–H and O–H groups in total. The first-order valence-corrected chi connectivity index (χ1v) is 7.46. The van der Waals surface area contributed by atoms with E-state index in [4.69, 9.17) is 32.7 Å². The summed E-state index contributed by atoms with van der Waals surface area (Å²) >= 11 is 11.8. The Morgan fingerprint density at radius 3 is 2.57 bits per heavy atom. The molecule has 0 unspecified atom stereocenters. The molecule has 0 radical (unpaired) electrons. The molecule has 23 heavy (non-hydrogen) atoms. The number of para-hydroxylation sites is 1. The van der Waals surface area contributed by atoms with Crippen molar-refractivity contribution in [1.29, 1.82) is 0 Å². The van der Waals surface area contributed by atoms with Gasteiger partial charge in [-0.15, -0.1) is 0 Å². The zero-order valence-corrected chi connectivity index (χ0v) is 14.1. The number of carbonyl (C=O) groups is 1. The Kier molecular flexibility index (Phi) is 5.90. The van der Waals surface area contributed by atoms with Crippen LogP contribution in [0.5, 0.6) is 11.5 Å². The topological polar surface area (TPSA) is 47.6 Å². The number of amides is 1. The van der Waals surface area contributed by atoms with E-state index in [1.54, 1.807) is 44.6 Å². The summed E-state index contributed by atoms with van der Waals surface area (Å²) in [6, 6.07) is 10.3. The van der Waals surface area contributed by atoms with Crippen molar-refractivity contribution in [2.75, 3.05) is 19.5 Å². The molecule has 6 heteroatoms. The molecule has 0 saturated carbocycles. The maximum atomic E-state index is 12.0. The Bertz CT molecular complexity index is 745. The smallest absolute Gasteiger partial charge is 0.248 e. The predicted octanol–water partition coefficient (Wildman–Crippen LogP) is 4.66. The molecule has 0 aliphatic heterocycles. The highest BCUT2D eigenvalue weighted by Crippen LogP contribution is 2.31. The average Bonchev–Trinajstić information content (AvgIpc) is 2.55. The van der Waals surface area contributed by atoms with Gasteiger partial charge in [-0.05, 0) is 30.3 Å². The summed E-state index contributed by atoms with van der Waals surface area (Å²) in [7, 11) is 3.10. The van der Waals surface area contributed by atoms with E-state index >= 15 is 0 Å². The summed E-state index contributed by atoms with van der Waals surface area (Å²) in [5, 5.41) is 3.56. The molecule has 0 heterocycles. The third-order valence-corrected chi connectivity index (χ3v) is 3.58. The number of carbonyl (C=O) groups excluding carboxylic acids is 1. The number of anilines is 1. The zero-order chi connectivity index (χ0) is 16.8. The van der Waals surface area contributed by atoms with Gasteiger partial charge < -0.3 is 14.8 Å². The number of ether oxygens (including phenoxy) is 2. The molecule has 0 aliphatic carbocycles. The van der Waals surface area contributed by atoms with Crippen molar-refractivity contribution < 1.29 is 14.3 Å². The third kappa shape index (κ3) is 4.41. The van der Waals surface area contributed by atoms with E-state index in [1.807, 2.05) is 12.1 Å². The van der Waals surface area contributed by atoms with Crippen LogP contribution in [0.3, 0.4) is 0 Å². The van der Waals surface area contributed by atoms with Crippen LogP contribution in [0.25, 0.3) is 6.08 Å². The molecule has 0 aliphatic rings. The lowest BCUT2D eigenvalue weighted by Crippen LogP contribution is -2.08. The Morgan fingerprint density at radius 2 is 1.91 bits per heavy atom. The maximum absolute atomic E-state index is 12.0. The maximum Gasteiger partial charge on any atom is 0.248 e. The van der Waals surface area contributed by atoms with E-state index in [0.29, 0.717) is 27.2 Å². The van der Waals surface area contributed by atoms with Crippen molar-refractivity contribution in [3.05, 3.63) is 58.1 Å². The minimum atomic E-state index is -0.320. The molecule has 0 bridgehead atoms. The summed E-state index contributed by atoms with van der Waals surface area (Å²) in [4.78, 5) is 12.0. The molecule has 2 aromatic rings. The lowest BCUT2D eigenvalue weighted by molar-refractivity contribution is -0.111. The van der Waals surface area contributed by atoms with Crippen LogP contribution in [0.4, 0.5) is 5.69 Å². The first-order valence-electron chi connectivity index (χ1n) is 6.70. The first kappa shape index (κ1) is 17.2. The highest BCUT2D eigenvalue weighted by molar-refractivity contribution is 6.36. The average molecular weight is 352 g/mol. The minimum Gasteiger partial charge on any atom is -0.493 e. The second kappa shape index (κ2) is 7.90. The van der Waals surface area contributed by atoms with Crippen LogP contribution in [0, 0.1) is 0 Å². The van der Waals surface area contributed by atoms with Crippen molar-refractivity contribution in [1.82, 2.24) is 0 Å². The number of hydrogen-bond donors (Lipinski definition) is 1. The lowest BCUT2D eigenvalue weighted by Gasteiger charge is -2.10. The minimum absolute atomic E-state index is 0.320. The fourth-order valence-electron chi connectivity index (χ4n) is 1.97. The van der Waals surface area contributed by atoms with E-state index in [9.17, 15) is 4.79 Å². The molecule has 1 amide bonds. The molecule has 2 aromatic carbocycles. The molecule has 0 aromatic heterocycles. The summed E-state index contributed by atoms with van der Waals surface area (Å²) in [6.45, 7) is 0. The largest absolute Gasteiger partial charge is 0.493 e. The zero-order valence-electron chi connectivity index (χ0n) is 12.6. The molecule has 0 fully saturated rings. The van der Waals surface area contributed by atoms with Gasteiger partial charge in [-0.1, -0.05) is 35.3 Å². The second-order valence-corrected chi connectivity index (χ2v) is 5.37. The first-order chi connectivity index (χ1) is 11.0. The van der Waals surface area contributed by atoms with Crippen molar-refractivity contribution in [3.8, 4) is 11.5 Å². The van der Waals surface area contributed by atoms with E-state index in [1.165, 1.54) is 6.08 Å². The third-order valence-electron chi connectivity index (χ3n) is 3.04. The van der Waals surface area contributed by atoms with Crippen LogP contribution < -0.4 is 14.8 Å². The Balaban J connectivity index is 2.15. The summed E-state index contributed by atoms with van der Waals surface area (Å²) in [6.07, 6.45) is 3.03. The SMILES string of the molecule is COc1cccc(/C=C/C(=O)Nc2ccc(Cl)cc2Cl)c1OC. The molecule has 4 nitrogen and oxygen atoms in total. The molecule has 0 spiro atoms. The van der Waals surface area contributed by atoms with Crippen LogP contribution in [0.2, 0.25) is 10.0 Å². The van der Waals surface area contributed by atoms with E-state index in [-0.39, 0.29) is 5.91 Å². The van der Waals surface area contributed by atoms with Crippen molar-refractivity contribution in [2.24, 2.45) is 0 Å². The van der Waals surface area contributed by atoms with Crippen LogP contribution >= 0.6 is 23.2 Å². The molecule has 120 valence electrons. The highest BCUT2D eigenvalue weighted by atomic mass is 35.5. The van der Waals surface area contributed by atoms with Gasteiger partial charge in [0, 0.05) is 16.7 Å². The lowest BCUT2D eigenvalue weighted by atomic mass is 10.1. The molecular weight excluding hydrogens is 337 g/mol. The van der Waals surface area contributed by atoms with Gasteiger partial charge in [-0.25, -0.2) is 0 Å². The number of halogens is 2. The van der Waals surface area contributed by atoms with Gasteiger partial charge >= 0.3 is 0 Å². The normalized spacial score (nSPS) is 10.6. The second-order valence-electron chi connectivity index (χ2n) is 4.53. The van der Waals surface area contributed by atoms with Crippen molar-refractivity contribution >= 4 is 40.9 Å². The number of benzene rings is 2.